The molecule has 1 fully saturated rings. The Hall–Kier alpha value is -2.78. The van der Waals surface area contributed by atoms with Gasteiger partial charge in [-0.2, -0.15) is 0 Å². The van der Waals surface area contributed by atoms with Crippen molar-refractivity contribution in [1.29, 1.82) is 0 Å². The molecule has 3 amide bonds. The highest BCUT2D eigenvalue weighted by Crippen LogP contribution is 2.27. The highest BCUT2D eigenvalue weighted by molar-refractivity contribution is 7.18. The summed E-state index contributed by atoms with van der Waals surface area (Å²) in [5.41, 5.74) is 2.12. The molecule has 1 aromatic heterocycles. The molecule has 0 unspecified atom stereocenters. The van der Waals surface area contributed by atoms with E-state index >= 15 is 0 Å². The maximum atomic E-state index is 13.3. The molecular formula is C25H34N4O4S. The molecule has 2 heterocycles. The van der Waals surface area contributed by atoms with Crippen molar-refractivity contribution < 1.29 is 19.1 Å². The highest BCUT2D eigenvalue weighted by atomic mass is 32.1. The summed E-state index contributed by atoms with van der Waals surface area (Å²) in [6, 6.07) is 5.17. The molecule has 34 heavy (non-hydrogen) atoms. The van der Waals surface area contributed by atoms with Gasteiger partial charge in [0.2, 0.25) is 17.7 Å². The number of rotatable bonds is 10. The minimum atomic E-state index is -0.764. The van der Waals surface area contributed by atoms with Crippen LogP contribution in [0.3, 0.4) is 0 Å². The van der Waals surface area contributed by atoms with Crippen LogP contribution < -0.4 is 16.0 Å². The largest absolute Gasteiger partial charge is 0.381 e. The highest BCUT2D eigenvalue weighted by Gasteiger charge is 2.29. The number of fused-ring (bicyclic) bond motifs is 1. The molecule has 8 nitrogen and oxygen atoms in total. The van der Waals surface area contributed by atoms with Crippen molar-refractivity contribution in [2.75, 3.05) is 19.8 Å². The van der Waals surface area contributed by atoms with Crippen molar-refractivity contribution in [3.63, 3.8) is 0 Å². The van der Waals surface area contributed by atoms with Crippen LogP contribution in [-0.2, 0) is 25.5 Å². The lowest BCUT2D eigenvalue weighted by atomic mass is 9.91. The number of carbonyl (C=O) groups excluding carboxylic acids is 3. The summed E-state index contributed by atoms with van der Waals surface area (Å²) in [5.74, 6) is -0.290. The van der Waals surface area contributed by atoms with E-state index in [1.165, 1.54) is 29.9 Å². The Morgan fingerprint density at radius 2 is 1.97 bits per heavy atom. The number of hydrogen-bond acceptors (Lipinski definition) is 6. The number of hydrogen-bond donors (Lipinski definition) is 3. The van der Waals surface area contributed by atoms with Gasteiger partial charge in [-0.1, -0.05) is 26.5 Å². The number of carbonyl (C=O) groups is 3. The predicted molar refractivity (Wildman–Crippen MR) is 134 cm³/mol. The molecule has 0 bridgehead atoms. The second kappa shape index (κ2) is 12.1. The van der Waals surface area contributed by atoms with E-state index in [0.29, 0.717) is 25.6 Å². The fraction of sp³-hybridized carbons (Fsp3) is 0.520. The summed E-state index contributed by atoms with van der Waals surface area (Å²) < 4.78 is 6.52. The number of nitrogens with one attached hydrogen (secondary N) is 3. The van der Waals surface area contributed by atoms with Gasteiger partial charge in [0.1, 0.15) is 6.04 Å². The molecule has 0 aliphatic carbocycles. The quantitative estimate of drug-likeness (QED) is 0.448. The molecule has 2 aromatic rings. The average molecular weight is 487 g/mol. The molecule has 1 aliphatic heterocycles. The van der Waals surface area contributed by atoms with Crippen LogP contribution in [-0.4, -0.2) is 54.5 Å². The molecule has 1 aromatic carbocycles. The normalized spacial score (nSPS) is 16.1. The van der Waals surface area contributed by atoms with Gasteiger partial charge in [-0.3, -0.25) is 14.4 Å². The molecule has 1 aliphatic rings. The Morgan fingerprint density at radius 1 is 1.24 bits per heavy atom. The molecule has 0 saturated carbocycles. The lowest BCUT2D eigenvalue weighted by molar-refractivity contribution is -0.129. The minimum absolute atomic E-state index is 0.165. The van der Waals surface area contributed by atoms with E-state index in [4.69, 9.17) is 4.74 Å². The Kier molecular flexibility index (Phi) is 9.18. The summed E-state index contributed by atoms with van der Waals surface area (Å²) in [6.07, 6.45) is 3.08. The molecule has 0 spiro atoms. The van der Waals surface area contributed by atoms with Gasteiger partial charge >= 0.3 is 0 Å². The van der Waals surface area contributed by atoms with Gasteiger partial charge in [-0.25, -0.2) is 4.98 Å². The molecule has 184 valence electrons. The van der Waals surface area contributed by atoms with Gasteiger partial charge in [-0.15, -0.1) is 11.3 Å². The molecule has 2 atom stereocenters. The number of aromatic nitrogens is 1. The lowest BCUT2D eigenvalue weighted by Crippen LogP contribution is -2.55. The van der Waals surface area contributed by atoms with Crippen molar-refractivity contribution in [2.24, 2.45) is 5.92 Å². The topological polar surface area (TPSA) is 109 Å². The fourth-order valence-electron chi connectivity index (χ4n) is 4.08. The predicted octanol–water partition coefficient (Wildman–Crippen LogP) is 2.68. The van der Waals surface area contributed by atoms with Gasteiger partial charge in [0.05, 0.1) is 15.2 Å². The summed E-state index contributed by atoms with van der Waals surface area (Å²) in [5, 5.41) is 9.41. The lowest BCUT2D eigenvalue weighted by Gasteiger charge is -2.32. The van der Waals surface area contributed by atoms with Crippen LogP contribution in [0.4, 0.5) is 0 Å². The van der Waals surface area contributed by atoms with Crippen molar-refractivity contribution in [2.45, 2.75) is 58.0 Å². The monoisotopic (exact) mass is 486 g/mol. The third kappa shape index (κ3) is 7.11. The number of nitrogens with zero attached hydrogens (tertiary/aromatic N) is 1. The van der Waals surface area contributed by atoms with E-state index in [1.807, 2.05) is 6.07 Å². The van der Waals surface area contributed by atoms with Gasteiger partial charge in [0.25, 0.3) is 0 Å². The van der Waals surface area contributed by atoms with Gasteiger partial charge in [0.15, 0.2) is 0 Å². The van der Waals surface area contributed by atoms with Crippen molar-refractivity contribution in [3.8, 4) is 0 Å². The van der Waals surface area contributed by atoms with Crippen LogP contribution in [0.1, 0.15) is 50.1 Å². The smallest absolute Gasteiger partial charge is 0.243 e. The Balaban J connectivity index is 1.76. The Morgan fingerprint density at radius 3 is 2.62 bits per heavy atom. The first-order valence-electron chi connectivity index (χ1n) is 11.7. The van der Waals surface area contributed by atoms with Gasteiger partial charge in [-0.05, 0) is 48.4 Å². The van der Waals surface area contributed by atoms with Crippen molar-refractivity contribution in [3.05, 3.63) is 41.4 Å². The number of amides is 3. The summed E-state index contributed by atoms with van der Waals surface area (Å²) in [6.45, 7) is 10.7. The van der Waals surface area contributed by atoms with Crippen LogP contribution in [0, 0.1) is 5.92 Å². The first-order chi connectivity index (χ1) is 16.3. The first kappa shape index (κ1) is 25.8. The van der Waals surface area contributed by atoms with E-state index < -0.39 is 6.04 Å². The zero-order valence-corrected chi connectivity index (χ0v) is 20.9. The molecule has 1 saturated heterocycles. The number of thiazole rings is 1. The van der Waals surface area contributed by atoms with E-state index in [2.05, 4.69) is 53.5 Å². The van der Waals surface area contributed by atoms with Crippen LogP contribution in [0.15, 0.2) is 30.9 Å². The summed E-state index contributed by atoms with van der Waals surface area (Å²) >= 11 is 1.54. The SMILES string of the molecule is C=CC(=O)NC[C@@H](NC(=O)[C@H](Cc1nc2ccc(C(C)C)cc2s1)NC(C)=O)C1CCOCC1. The van der Waals surface area contributed by atoms with E-state index in [0.717, 1.165) is 28.1 Å². The third-order valence-electron chi connectivity index (χ3n) is 6.04. The van der Waals surface area contributed by atoms with E-state index in [9.17, 15) is 14.4 Å². The zero-order valence-electron chi connectivity index (χ0n) is 20.1. The average Bonchev–Trinajstić information content (AvgIpc) is 3.22. The van der Waals surface area contributed by atoms with Crippen LogP contribution in [0.5, 0.6) is 0 Å². The fourth-order valence-corrected chi connectivity index (χ4v) is 5.15. The van der Waals surface area contributed by atoms with E-state index in [-0.39, 0.29) is 36.2 Å². The molecule has 9 heteroatoms. The maximum absolute atomic E-state index is 13.3. The zero-order chi connectivity index (χ0) is 24.7. The number of benzene rings is 1. The Bertz CT molecular complexity index is 1030. The number of ether oxygens (including phenoxy) is 1. The second-order valence-electron chi connectivity index (χ2n) is 8.96. The van der Waals surface area contributed by atoms with Crippen molar-refractivity contribution >= 4 is 39.3 Å². The first-order valence-corrected chi connectivity index (χ1v) is 12.5. The summed E-state index contributed by atoms with van der Waals surface area (Å²) in [7, 11) is 0. The maximum Gasteiger partial charge on any atom is 0.243 e. The van der Waals surface area contributed by atoms with Gasteiger partial charge in [0, 0.05) is 39.1 Å². The molecule has 3 N–H and O–H groups in total. The van der Waals surface area contributed by atoms with Crippen LogP contribution in [0.2, 0.25) is 0 Å². The summed E-state index contributed by atoms with van der Waals surface area (Å²) in [4.78, 5) is 41.6. The van der Waals surface area contributed by atoms with E-state index in [1.54, 1.807) is 0 Å². The molecular weight excluding hydrogens is 452 g/mol. The van der Waals surface area contributed by atoms with Crippen LogP contribution >= 0.6 is 11.3 Å². The molecule has 3 rings (SSSR count). The molecule has 0 radical (unpaired) electrons. The van der Waals surface area contributed by atoms with Crippen molar-refractivity contribution in [1.82, 2.24) is 20.9 Å². The van der Waals surface area contributed by atoms with Crippen LogP contribution in [0.25, 0.3) is 10.2 Å². The van der Waals surface area contributed by atoms with Gasteiger partial charge < -0.3 is 20.7 Å². The minimum Gasteiger partial charge on any atom is -0.381 e. The second-order valence-corrected chi connectivity index (χ2v) is 10.1. The third-order valence-corrected chi connectivity index (χ3v) is 7.08. The standard InChI is InChI=1S/C25H34N4O4S/c1-5-23(31)26-14-21(17-8-10-33-11-9-17)29-25(32)20(27-16(4)30)13-24-28-19-7-6-18(15(2)3)12-22(19)34-24/h5-7,12,15,17,20-21H,1,8-11,13-14H2,2-4H3,(H,26,31)(H,27,30)(H,29,32)/t20-,21+/m0/s1. The Labute approximate surface area is 204 Å².